The van der Waals surface area contributed by atoms with Crippen LogP contribution in [0.5, 0.6) is 0 Å². The maximum atomic E-state index is 10.1. The third kappa shape index (κ3) is 2.38. The van der Waals surface area contributed by atoms with Crippen molar-refractivity contribution in [2.24, 2.45) is 0 Å². The minimum Gasteiger partial charge on any atom is -0.384 e. The van der Waals surface area contributed by atoms with Crippen molar-refractivity contribution in [1.29, 1.82) is 0 Å². The van der Waals surface area contributed by atoms with Crippen LogP contribution in [-0.4, -0.2) is 15.1 Å². The minimum absolute atomic E-state index is 0.372. The molecule has 1 atom stereocenters. The third-order valence-corrected chi connectivity index (χ3v) is 2.48. The molecule has 0 aliphatic rings. The Labute approximate surface area is 98.8 Å². The number of hydrogen-bond donors (Lipinski definition) is 1. The van der Waals surface area contributed by atoms with Gasteiger partial charge in [0.2, 0.25) is 0 Å². The van der Waals surface area contributed by atoms with Crippen molar-refractivity contribution in [1.82, 2.24) is 9.97 Å². The van der Waals surface area contributed by atoms with E-state index < -0.39 is 6.10 Å². The van der Waals surface area contributed by atoms with E-state index in [0.29, 0.717) is 10.7 Å². The first kappa shape index (κ1) is 11.0. The van der Waals surface area contributed by atoms with Gasteiger partial charge in [0, 0.05) is 24.2 Å². The lowest BCUT2D eigenvalue weighted by molar-refractivity contribution is 0.219. The number of halogens is 1. The van der Waals surface area contributed by atoms with Crippen LogP contribution in [0.25, 0.3) is 0 Å². The molecule has 0 saturated heterocycles. The van der Waals surface area contributed by atoms with Gasteiger partial charge >= 0.3 is 0 Å². The normalized spacial score (nSPS) is 12.4. The quantitative estimate of drug-likeness (QED) is 0.813. The fraction of sp³-hybridized carbons (Fsp3) is 0.167. The van der Waals surface area contributed by atoms with Crippen molar-refractivity contribution in [3.8, 4) is 0 Å². The highest BCUT2D eigenvalue weighted by Crippen LogP contribution is 2.22. The molecule has 1 N–H and O–H groups in total. The van der Waals surface area contributed by atoms with Gasteiger partial charge in [-0.05, 0) is 30.2 Å². The molecule has 2 aromatic heterocycles. The van der Waals surface area contributed by atoms with Gasteiger partial charge in [-0.15, -0.1) is 0 Å². The standard InChI is InChI=1S/C12H11ClN2O/c1-8-4-10(7-14-6-8)12(16)9-2-3-15-11(13)5-9/h2-7,12,16H,1H3. The predicted molar refractivity (Wildman–Crippen MR) is 62.3 cm³/mol. The van der Waals surface area contributed by atoms with Gasteiger partial charge < -0.3 is 5.11 Å². The molecule has 0 spiro atoms. The van der Waals surface area contributed by atoms with Crippen molar-refractivity contribution in [2.45, 2.75) is 13.0 Å². The monoisotopic (exact) mass is 234 g/mol. The average molecular weight is 235 g/mol. The van der Waals surface area contributed by atoms with Gasteiger partial charge in [0.1, 0.15) is 11.3 Å². The van der Waals surface area contributed by atoms with Crippen molar-refractivity contribution in [2.75, 3.05) is 0 Å². The summed E-state index contributed by atoms with van der Waals surface area (Å²) in [7, 11) is 0. The Bertz CT molecular complexity index is 456. The fourth-order valence-corrected chi connectivity index (χ4v) is 1.69. The lowest BCUT2D eigenvalue weighted by Crippen LogP contribution is -2.01. The Balaban J connectivity index is 2.35. The molecule has 0 aliphatic carbocycles. The molecule has 16 heavy (non-hydrogen) atoms. The van der Waals surface area contributed by atoms with E-state index in [-0.39, 0.29) is 0 Å². The van der Waals surface area contributed by atoms with Crippen LogP contribution in [0.2, 0.25) is 5.15 Å². The van der Waals surface area contributed by atoms with Gasteiger partial charge in [-0.25, -0.2) is 4.98 Å². The second-order valence-electron chi connectivity index (χ2n) is 3.61. The topological polar surface area (TPSA) is 46.0 Å². The summed E-state index contributed by atoms with van der Waals surface area (Å²) in [6.45, 7) is 1.93. The summed E-state index contributed by atoms with van der Waals surface area (Å²) in [4.78, 5) is 7.92. The number of rotatable bonds is 2. The molecule has 4 heteroatoms. The molecule has 0 saturated carbocycles. The van der Waals surface area contributed by atoms with Crippen LogP contribution < -0.4 is 0 Å². The van der Waals surface area contributed by atoms with Crippen molar-refractivity contribution in [3.05, 3.63) is 58.6 Å². The van der Waals surface area contributed by atoms with Crippen molar-refractivity contribution < 1.29 is 5.11 Å². The second-order valence-corrected chi connectivity index (χ2v) is 4.00. The third-order valence-electron chi connectivity index (χ3n) is 2.28. The van der Waals surface area contributed by atoms with E-state index in [1.807, 2.05) is 13.0 Å². The number of aryl methyl sites for hydroxylation is 1. The highest BCUT2D eigenvalue weighted by atomic mass is 35.5. The van der Waals surface area contributed by atoms with Gasteiger partial charge in [-0.3, -0.25) is 4.98 Å². The van der Waals surface area contributed by atoms with Gasteiger partial charge in [-0.1, -0.05) is 17.7 Å². The molecule has 0 fully saturated rings. The number of aliphatic hydroxyl groups excluding tert-OH is 1. The fourth-order valence-electron chi connectivity index (χ4n) is 1.51. The number of aliphatic hydroxyl groups is 1. The maximum absolute atomic E-state index is 10.1. The van der Waals surface area contributed by atoms with E-state index in [9.17, 15) is 5.11 Å². The van der Waals surface area contributed by atoms with Crippen molar-refractivity contribution in [3.63, 3.8) is 0 Å². The lowest BCUT2D eigenvalue weighted by atomic mass is 10.0. The summed E-state index contributed by atoms with van der Waals surface area (Å²) < 4.78 is 0. The molecule has 0 aliphatic heterocycles. The van der Waals surface area contributed by atoms with Gasteiger partial charge in [0.15, 0.2) is 0 Å². The SMILES string of the molecule is Cc1cncc(C(O)c2ccnc(Cl)c2)c1. The molecular weight excluding hydrogens is 224 g/mol. The first-order valence-electron chi connectivity index (χ1n) is 4.88. The average Bonchev–Trinajstić information content (AvgIpc) is 2.28. The molecule has 2 heterocycles. The first-order chi connectivity index (χ1) is 7.66. The van der Waals surface area contributed by atoms with E-state index in [2.05, 4.69) is 9.97 Å². The van der Waals surface area contributed by atoms with Crippen LogP contribution in [0.15, 0.2) is 36.8 Å². The summed E-state index contributed by atoms with van der Waals surface area (Å²) in [6.07, 6.45) is 4.25. The van der Waals surface area contributed by atoms with Gasteiger partial charge in [-0.2, -0.15) is 0 Å². The number of aromatic nitrogens is 2. The Kier molecular flexibility index (Phi) is 3.17. The van der Waals surface area contributed by atoms with E-state index in [1.165, 1.54) is 0 Å². The number of hydrogen-bond acceptors (Lipinski definition) is 3. The van der Waals surface area contributed by atoms with Gasteiger partial charge in [0.05, 0.1) is 0 Å². The Morgan fingerprint density at radius 2 is 2.06 bits per heavy atom. The van der Waals surface area contributed by atoms with Crippen LogP contribution in [-0.2, 0) is 0 Å². The van der Waals surface area contributed by atoms with E-state index in [0.717, 1.165) is 11.1 Å². The molecule has 3 nitrogen and oxygen atoms in total. The number of pyridine rings is 2. The van der Waals surface area contributed by atoms with E-state index in [4.69, 9.17) is 11.6 Å². The smallest absolute Gasteiger partial charge is 0.129 e. The van der Waals surface area contributed by atoms with E-state index in [1.54, 1.807) is 30.7 Å². The summed E-state index contributed by atoms with van der Waals surface area (Å²) in [5, 5.41) is 10.5. The molecule has 0 aromatic carbocycles. The second kappa shape index (κ2) is 4.60. The minimum atomic E-state index is -0.715. The van der Waals surface area contributed by atoms with Crippen LogP contribution in [0.4, 0.5) is 0 Å². The molecule has 0 bridgehead atoms. The van der Waals surface area contributed by atoms with E-state index >= 15 is 0 Å². The largest absolute Gasteiger partial charge is 0.384 e. The number of nitrogens with zero attached hydrogens (tertiary/aromatic N) is 2. The predicted octanol–water partition coefficient (Wildman–Crippen LogP) is 2.52. The summed E-state index contributed by atoms with van der Waals surface area (Å²) in [5.74, 6) is 0. The molecule has 2 aromatic rings. The van der Waals surface area contributed by atoms with Crippen LogP contribution in [0.1, 0.15) is 22.8 Å². The zero-order valence-electron chi connectivity index (χ0n) is 8.76. The molecule has 1 unspecified atom stereocenters. The highest BCUT2D eigenvalue weighted by Gasteiger charge is 2.11. The van der Waals surface area contributed by atoms with Crippen LogP contribution >= 0.6 is 11.6 Å². The van der Waals surface area contributed by atoms with Gasteiger partial charge in [0.25, 0.3) is 0 Å². The Morgan fingerprint density at radius 3 is 2.75 bits per heavy atom. The zero-order chi connectivity index (χ0) is 11.5. The Hall–Kier alpha value is -1.45. The van der Waals surface area contributed by atoms with Crippen LogP contribution in [0, 0.1) is 6.92 Å². The molecule has 82 valence electrons. The molecular formula is C12H11ClN2O. The first-order valence-corrected chi connectivity index (χ1v) is 5.25. The zero-order valence-corrected chi connectivity index (χ0v) is 9.52. The Morgan fingerprint density at radius 1 is 1.25 bits per heavy atom. The lowest BCUT2D eigenvalue weighted by Gasteiger charge is -2.11. The summed E-state index contributed by atoms with van der Waals surface area (Å²) in [6, 6.07) is 5.28. The van der Waals surface area contributed by atoms with Crippen molar-refractivity contribution >= 4 is 11.6 Å². The molecule has 0 radical (unpaired) electrons. The summed E-state index contributed by atoms with van der Waals surface area (Å²) in [5.41, 5.74) is 2.48. The molecule has 0 amide bonds. The summed E-state index contributed by atoms with van der Waals surface area (Å²) >= 11 is 5.77. The maximum Gasteiger partial charge on any atom is 0.129 e. The van der Waals surface area contributed by atoms with Crippen LogP contribution in [0.3, 0.4) is 0 Å². The highest BCUT2D eigenvalue weighted by molar-refractivity contribution is 6.29. The molecule has 2 rings (SSSR count).